The van der Waals surface area contributed by atoms with Crippen LogP contribution in [0, 0.1) is 6.92 Å². The Balaban J connectivity index is 1.62. The summed E-state index contributed by atoms with van der Waals surface area (Å²) in [6.45, 7) is 4.21. The van der Waals surface area contributed by atoms with Crippen LogP contribution in [0.5, 0.6) is 5.75 Å². The maximum absolute atomic E-state index is 6.15. The molecule has 3 aromatic rings. The molecule has 0 saturated heterocycles. The molecule has 1 aromatic heterocycles. The van der Waals surface area contributed by atoms with E-state index in [0.717, 1.165) is 35.0 Å². The fraction of sp³-hybridized carbons (Fsp3) is 0.200. The van der Waals surface area contributed by atoms with Gasteiger partial charge >= 0.3 is 0 Å². The van der Waals surface area contributed by atoms with E-state index in [9.17, 15) is 0 Å². The number of nitrogens with one attached hydrogen (secondary N) is 1. The number of aryl methyl sites for hydroxylation is 1. The normalized spacial score (nSPS) is 10.8. The number of ether oxygens (including phenoxy) is 1. The average molecular weight is 358 g/mol. The highest BCUT2D eigenvalue weighted by atomic mass is 35.5. The van der Waals surface area contributed by atoms with Crippen LogP contribution in [0.3, 0.4) is 0 Å². The molecular weight excluding hydrogens is 338 g/mol. The van der Waals surface area contributed by atoms with Crippen molar-refractivity contribution >= 4 is 22.9 Å². The number of thiophene rings is 1. The minimum Gasteiger partial charge on any atom is -0.489 e. The van der Waals surface area contributed by atoms with Crippen LogP contribution in [0.4, 0.5) is 0 Å². The van der Waals surface area contributed by atoms with E-state index in [0.29, 0.717) is 6.61 Å². The Morgan fingerprint density at radius 2 is 1.88 bits per heavy atom. The lowest BCUT2D eigenvalue weighted by molar-refractivity contribution is 0.302. The minimum atomic E-state index is 0.555. The molecule has 0 amide bonds. The molecule has 2 nitrogen and oxygen atoms in total. The van der Waals surface area contributed by atoms with Crippen molar-refractivity contribution in [1.82, 2.24) is 5.32 Å². The highest BCUT2D eigenvalue weighted by Crippen LogP contribution is 2.24. The van der Waals surface area contributed by atoms with Crippen molar-refractivity contribution in [3.8, 4) is 5.75 Å². The third-order valence-corrected chi connectivity index (χ3v) is 4.84. The first-order chi connectivity index (χ1) is 11.7. The van der Waals surface area contributed by atoms with Gasteiger partial charge in [-0.2, -0.15) is 0 Å². The predicted molar refractivity (Wildman–Crippen MR) is 102 cm³/mol. The van der Waals surface area contributed by atoms with Gasteiger partial charge in [-0.15, -0.1) is 11.3 Å². The molecule has 3 rings (SSSR count). The summed E-state index contributed by atoms with van der Waals surface area (Å²) in [5.74, 6) is 0.874. The topological polar surface area (TPSA) is 21.3 Å². The van der Waals surface area contributed by atoms with Crippen LogP contribution in [0.25, 0.3) is 0 Å². The zero-order chi connectivity index (χ0) is 16.8. The molecule has 0 aliphatic carbocycles. The van der Waals surface area contributed by atoms with Gasteiger partial charge in [0.25, 0.3) is 0 Å². The zero-order valence-corrected chi connectivity index (χ0v) is 15.2. The summed E-state index contributed by atoms with van der Waals surface area (Å²) >= 11 is 7.90. The van der Waals surface area contributed by atoms with Crippen molar-refractivity contribution in [3.63, 3.8) is 0 Å². The van der Waals surface area contributed by atoms with E-state index < -0.39 is 0 Å². The highest BCUT2D eigenvalue weighted by molar-refractivity contribution is 7.09. The number of rotatable bonds is 7. The van der Waals surface area contributed by atoms with Crippen LogP contribution in [0.2, 0.25) is 5.02 Å². The summed E-state index contributed by atoms with van der Waals surface area (Å²) in [5, 5.41) is 6.27. The molecule has 24 heavy (non-hydrogen) atoms. The summed E-state index contributed by atoms with van der Waals surface area (Å²) in [7, 11) is 0. The second kappa shape index (κ2) is 8.34. The van der Waals surface area contributed by atoms with E-state index >= 15 is 0 Å². The summed E-state index contributed by atoms with van der Waals surface area (Å²) in [6.07, 6.45) is 0. The second-order valence-electron chi connectivity index (χ2n) is 5.71. The van der Waals surface area contributed by atoms with Crippen LogP contribution < -0.4 is 10.1 Å². The van der Waals surface area contributed by atoms with E-state index in [4.69, 9.17) is 16.3 Å². The molecule has 0 unspecified atom stereocenters. The minimum absolute atomic E-state index is 0.555. The largest absolute Gasteiger partial charge is 0.489 e. The third-order valence-electron chi connectivity index (χ3n) is 3.73. The van der Waals surface area contributed by atoms with Gasteiger partial charge in [-0.05, 0) is 42.1 Å². The van der Waals surface area contributed by atoms with Crippen molar-refractivity contribution in [2.24, 2.45) is 0 Å². The molecule has 2 aromatic carbocycles. The highest BCUT2D eigenvalue weighted by Gasteiger charge is 2.06. The maximum Gasteiger partial charge on any atom is 0.124 e. The molecule has 124 valence electrons. The van der Waals surface area contributed by atoms with Gasteiger partial charge in [0.2, 0.25) is 0 Å². The summed E-state index contributed by atoms with van der Waals surface area (Å²) in [6, 6.07) is 18.4. The Labute approximate surface area is 152 Å². The van der Waals surface area contributed by atoms with Gasteiger partial charge < -0.3 is 10.1 Å². The van der Waals surface area contributed by atoms with Crippen molar-refractivity contribution in [2.75, 3.05) is 0 Å². The predicted octanol–water partition coefficient (Wildman–Crippen LogP) is 5.58. The average Bonchev–Trinajstić information content (AvgIpc) is 3.09. The van der Waals surface area contributed by atoms with Crippen LogP contribution in [-0.2, 0) is 19.7 Å². The molecule has 0 fully saturated rings. The van der Waals surface area contributed by atoms with Crippen molar-refractivity contribution < 1.29 is 4.74 Å². The summed E-state index contributed by atoms with van der Waals surface area (Å²) in [5.41, 5.74) is 3.49. The summed E-state index contributed by atoms with van der Waals surface area (Å²) < 4.78 is 6.01. The lowest BCUT2D eigenvalue weighted by atomic mass is 10.1. The lowest BCUT2D eigenvalue weighted by Crippen LogP contribution is -2.13. The van der Waals surface area contributed by atoms with Crippen LogP contribution in [-0.4, -0.2) is 0 Å². The van der Waals surface area contributed by atoms with Crippen LogP contribution in [0.15, 0.2) is 60.0 Å². The van der Waals surface area contributed by atoms with Gasteiger partial charge in [-0.25, -0.2) is 0 Å². The van der Waals surface area contributed by atoms with Crippen molar-refractivity contribution in [3.05, 3.63) is 86.6 Å². The number of benzene rings is 2. The molecule has 1 N–H and O–H groups in total. The van der Waals surface area contributed by atoms with Crippen molar-refractivity contribution in [1.29, 1.82) is 0 Å². The fourth-order valence-corrected chi connectivity index (χ4v) is 3.28. The second-order valence-corrected chi connectivity index (χ2v) is 7.18. The quantitative estimate of drug-likeness (QED) is 0.596. The van der Waals surface area contributed by atoms with E-state index in [1.165, 1.54) is 10.4 Å². The molecule has 0 bridgehead atoms. The Bertz CT molecular complexity index is 769. The molecule has 0 atom stereocenters. The number of hydrogen-bond acceptors (Lipinski definition) is 3. The monoisotopic (exact) mass is 357 g/mol. The van der Waals surface area contributed by atoms with Gasteiger partial charge in [0.05, 0.1) is 0 Å². The number of halogens is 1. The van der Waals surface area contributed by atoms with E-state index in [-0.39, 0.29) is 0 Å². The molecule has 4 heteroatoms. The Hall–Kier alpha value is -1.81. The first-order valence-corrected chi connectivity index (χ1v) is 9.16. The molecular formula is C20H20ClNOS. The zero-order valence-electron chi connectivity index (χ0n) is 13.6. The van der Waals surface area contributed by atoms with Gasteiger partial charge in [0.15, 0.2) is 0 Å². The third kappa shape index (κ3) is 4.84. The standard InChI is InChI=1S/C20H20ClNOS/c1-15-4-6-16(7-5-15)14-23-20-9-8-18(21)11-17(20)12-22-13-19-3-2-10-24-19/h2-11,22H,12-14H2,1H3. The maximum atomic E-state index is 6.15. The SMILES string of the molecule is Cc1ccc(COc2ccc(Cl)cc2CNCc2cccs2)cc1. The molecule has 1 heterocycles. The van der Waals surface area contributed by atoms with Gasteiger partial charge in [-0.1, -0.05) is 47.5 Å². The molecule has 0 aliphatic heterocycles. The smallest absolute Gasteiger partial charge is 0.124 e. The molecule has 0 saturated carbocycles. The molecule has 0 aliphatic rings. The first kappa shape index (κ1) is 17.0. The van der Waals surface area contributed by atoms with Gasteiger partial charge in [-0.3, -0.25) is 0 Å². The van der Waals surface area contributed by atoms with E-state index in [2.05, 4.69) is 54.0 Å². The first-order valence-electron chi connectivity index (χ1n) is 7.90. The molecule has 0 spiro atoms. The Morgan fingerprint density at radius 1 is 1.04 bits per heavy atom. The Morgan fingerprint density at radius 3 is 2.62 bits per heavy atom. The Kier molecular flexibility index (Phi) is 5.91. The number of hydrogen-bond donors (Lipinski definition) is 1. The van der Waals surface area contributed by atoms with Gasteiger partial charge in [0.1, 0.15) is 12.4 Å². The van der Waals surface area contributed by atoms with Crippen molar-refractivity contribution in [2.45, 2.75) is 26.6 Å². The lowest BCUT2D eigenvalue weighted by Gasteiger charge is -2.13. The van der Waals surface area contributed by atoms with Gasteiger partial charge in [0, 0.05) is 28.6 Å². The van der Waals surface area contributed by atoms with Crippen LogP contribution >= 0.6 is 22.9 Å². The summed E-state index contributed by atoms with van der Waals surface area (Å²) in [4.78, 5) is 1.32. The molecule has 0 radical (unpaired) electrons. The van der Waals surface area contributed by atoms with E-state index in [1.807, 2.05) is 18.2 Å². The fourth-order valence-electron chi connectivity index (χ4n) is 2.41. The van der Waals surface area contributed by atoms with E-state index in [1.54, 1.807) is 11.3 Å². The van der Waals surface area contributed by atoms with Crippen LogP contribution in [0.1, 0.15) is 21.6 Å².